The molecule has 0 N–H and O–H groups in total. The number of nitrogens with zero attached hydrogens (tertiary/aromatic N) is 1. The van der Waals surface area contributed by atoms with Gasteiger partial charge in [0.05, 0.1) is 25.4 Å². The molecule has 0 saturated carbocycles. The number of likely N-dealkylation sites (tertiary alicyclic amines) is 1. The molecule has 3 aromatic rings. The molecule has 0 radical (unpaired) electrons. The number of fused-ring (bicyclic) bond motifs is 1. The van der Waals surface area contributed by atoms with Gasteiger partial charge in [0.2, 0.25) is 0 Å². The quantitative estimate of drug-likeness (QED) is 0.537. The van der Waals surface area contributed by atoms with E-state index in [0.29, 0.717) is 37.1 Å². The van der Waals surface area contributed by atoms with E-state index in [2.05, 4.69) is 12.1 Å². The van der Waals surface area contributed by atoms with Gasteiger partial charge in [-0.25, -0.2) is 0 Å². The summed E-state index contributed by atoms with van der Waals surface area (Å²) in [5, 5.41) is 2.01. The lowest BCUT2D eigenvalue weighted by molar-refractivity contribution is 0.0425. The number of piperidine rings is 1. The van der Waals surface area contributed by atoms with Gasteiger partial charge < -0.3 is 14.4 Å². The highest BCUT2D eigenvalue weighted by Gasteiger charge is 2.27. The van der Waals surface area contributed by atoms with Gasteiger partial charge in [-0.1, -0.05) is 60.7 Å². The zero-order valence-corrected chi connectivity index (χ0v) is 17.5. The van der Waals surface area contributed by atoms with Gasteiger partial charge in [0.15, 0.2) is 0 Å². The zero-order chi connectivity index (χ0) is 20.8. The maximum Gasteiger partial charge on any atom is 0.258 e. The number of rotatable bonds is 7. The Morgan fingerprint density at radius 2 is 1.83 bits per heavy atom. The van der Waals surface area contributed by atoms with Gasteiger partial charge in [-0.3, -0.25) is 4.79 Å². The van der Waals surface area contributed by atoms with Crippen LogP contribution in [0.5, 0.6) is 5.75 Å². The van der Waals surface area contributed by atoms with E-state index in [-0.39, 0.29) is 5.91 Å². The van der Waals surface area contributed by atoms with E-state index in [0.717, 1.165) is 36.7 Å². The lowest BCUT2D eigenvalue weighted by Gasteiger charge is -2.33. The van der Waals surface area contributed by atoms with Crippen molar-refractivity contribution in [1.82, 2.24) is 4.90 Å². The Labute approximate surface area is 178 Å². The number of ether oxygens (including phenoxy) is 2. The van der Waals surface area contributed by atoms with Gasteiger partial charge in [0.25, 0.3) is 5.91 Å². The Hall–Kier alpha value is -2.85. The van der Waals surface area contributed by atoms with Crippen LogP contribution in [-0.2, 0) is 11.3 Å². The van der Waals surface area contributed by atoms with Crippen LogP contribution < -0.4 is 4.74 Å². The monoisotopic (exact) mass is 403 g/mol. The number of carbonyl (C=O) groups excluding carboxylic acids is 1. The third kappa shape index (κ3) is 4.65. The van der Waals surface area contributed by atoms with Crippen LogP contribution in [0, 0.1) is 5.92 Å². The molecule has 1 unspecified atom stereocenters. The Kier molecular flexibility index (Phi) is 6.65. The number of benzene rings is 3. The molecule has 0 aromatic heterocycles. The van der Waals surface area contributed by atoms with Crippen molar-refractivity contribution in [2.75, 3.05) is 26.3 Å². The van der Waals surface area contributed by atoms with Crippen molar-refractivity contribution in [2.45, 2.75) is 26.4 Å². The molecule has 1 aliphatic heterocycles. The Morgan fingerprint density at radius 3 is 2.67 bits per heavy atom. The molecule has 1 amide bonds. The molecule has 3 aromatic carbocycles. The summed E-state index contributed by atoms with van der Waals surface area (Å²) in [5.41, 5.74) is 1.86. The summed E-state index contributed by atoms with van der Waals surface area (Å²) in [6.45, 7) is 5.28. The smallest absolute Gasteiger partial charge is 0.258 e. The molecule has 1 saturated heterocycles. The minimum atomic E-state index is 0.0583. The van der Waals surface area contributed by atoms with Crippen LogP contribution >= 0.6 is 0 Å². The molecule has 1 fully saturated rings. The highest BCUT2D eigenvalue weighted by atomic mass is 16.5. The topological polar surface area (TPSA) is 38.8 Å². The van der Waals surface area contributed by atoms with E-state index in [1.54, 1.807) is 0 Å². The Morgan fingerprint density at radius 1 is 1.03 bits per heavy atom. The van der Waals surface area contributed by atoms with Crippen LogP contribution in [0.2, 0.25) is 0 Å². The van der Waals surface area contributed by atoms with Gasteiger partial charge >= 0.3 is 0 Å². The number of hydrogen-bond acceptors (Lipinski definition) is 3. The van der Waals surface area contributed by atoms with Gasteiger partial charge in [-0.15, -0.1) is 0 Å². The summed E-state index contributed by atoms with van der Waals surface area (Å²) < 4.78 is 11.8. The third-order valence-electron chi connectivity index (χ3n) is 5.68. The van der Waals surface area contributed by atoms with E-state index in [1.165, 1.54) is 5.56 Å². The molecule has 1 heterocycles. The molecule has 0 aliphatic carbocycles. The number of amides is 1. The van der Waals surface area contributed by atoms with Crippen LogP contribution in [0.1, 0.15) is 35.7 Å². The van der Waals surface area contributed by atoms with Gasteiger partial charge in [0.1, 0.15) is 5.75 Å². The van der Waals surface area contributed by atoms with E-state index in [4.69, 9.17) is 9.47 Å². The highest BCUT2D eigenvalue weighted by Crippen LogP contribution is 2.31. The van der Waals surface area contributed by atoms with Crippen molar-refractivity contribution in [3.05, 3.63) is 77.9 Å². The molecule has 156 valence electrons. The maximum absolute atomic E-state index is 13.6. The Balaban J connectivity index is 1.47. The fourth-order valence-corrected chi connectivity index (χ4v) is 4.21. The first-order valence-corrected chi connectivity index (χ1v) is 10.8. The first-order valence-electron chi connectivity index (χ1n) is 10.8. The van der Waals surface area contributed by atoms with Gasteiger partial charge in [0, 0.05) is 13.1 Å². The molecule has 30 heavy (non-hydrogen) atoms. The number of carbonyl (C=O) groups is 1. The van der Waals surface area contributed by atoms with E-state index in [9.17, 15) is 4.79 Å². The predicted molar refractivity (Wildman–Crippen MR) is 120 cm³/mol. The highest BCUT2D eigenvalue weighted by molar-refractivity contribution is 6.09. The molecule has 1 aliphatic rings. The second kappa shape index (κ2) is 9.77. The van der Waals surface area contributed by atoms with Crippen LogP contribution in [0.25, 0.3) is 10.8 Å². The van der Waals surface area contributed by atoms with Crippen molar-refractivity contribution in [3.8, 4) is 5.75 Å². The van der Waals surface area contributed by atoms with Crippen molar-refractivity contribution < 1.29 is 14.3 Å². The van der Waals surface area contributed by atoms with E-state index in [1.807, 2.05) is 66.4 Å². The molecule has 4 nitrogen and oxygen atoms in total. The van der Waals surface area contributed by atoms with Gasteiger partial charge in [-0.2, -0.15) is 0 Å². The summed E-state index contributed by atoms with van der Waals surface area (Å²) in [4.78, 5) is 15.5. The standard InChI is InChI=1S/C26H29NO3/c1-2-30-24-15-14-22-12-6-7-13-23(22)25(24)26(28)27-16-8-11-21(17-27)19-29-18-20-9-4-3-5-10-20/h3-7,9-10,12-15,21H,2,8,11,16-19H2,1H3. The van der Waals surface area contributed by atoms with Gasteiger partial charge in [-0.05, 0) is 48.1 Å². The molecule has 4 rings (SSSR count). The van der Waals surface area contributed by atoms with Crippen LogP contribution in [0.4, 0.5) is 0 Å². The van der Waals surface area contributed by atoms with E-state index >= 15 is 0 Å². The molecular formula is C26H29NO3. The van der Waals surface area contributed by atoms with Crippen molar-refractivity contribution in [2.24, 2.45) is 5.92 Å². The summed E-state index contributed by atoms with van der Waals surface area (Å²) in [6.07, 6.45) is 2.09. The Bertz CT molecular complexity index is 986. The number of hydrogen-bond donors (Lipinski definition) is 0. The van der Waals surface area contributed by atoms with Crippen LogP contribution in [0.15, 0.2) is 66.7 Å². The fraction of sp³-hybridized carbons (Fsp3) is 0.346. The summed E-state index contributed by atoms with van der Waals surface area (Å²) in [6, 6.07) is 22.2. The first-order chi connectivity index (χ1) is 14.8. The van der Waals surface area contributed by atoms with Crippen molar-refractivity contribution >= 4 is 16.7 Å². The average molecular weight is 404 g/mol. The molecule has 4 heteroatoms. The second-order valence-electron chi connectivity index (χ2n) is 7.85. The summed E-state index contributed by atoms with van der Waals surface area (Å²) in [5.74, 6) is 1.09. The molecular weight excluding hydrogens is 374 g/mol. The van der Waals surface area contributed by atoms with Crippen molar-refractivity contribution in [3.63, 3.8) is 0 Å². The van der Waals surface area contributed by atoms with Crippen LogP contribution in [-0.4, -0.2) is 37.1 Å². The third-order valence-corrected chi connectivity index (χ3v) is 5.68. The molecule has 0 bridgehead atoms. The normalized spacial score (nSPS) is 16.6. The zero-order valence-electron chi connectivity index (χ0n) is 17.5. The predicted octanol–water partition coefficient (Wildman–Crippen LogP) is 5.31. The average Bonchev–Trinajstić information content (AvgIpc) is 2.80. The SMILES string of the molecule is CCOc1ccc2ccccc2c1C(=O)N1CCCC(COCc2ccccc2)C1. The van der Waals surface area contributed by atoms with Crippen molar-refractivity contribution in [1.29, 1.82) is 0 Å². The lowest BCUT2D eigenvalue weighted by atomic mass is 9.96. The van der Waals surface area contributed by atoms with Crippen LogP contribution in [0.3, 0.4) is 0 Å². The maximum atomic E-state index is 13.6. The minimum absolute atomic E-state index is 0.0583. The summed E-state index contributed by atoms with van der Waals surface area (Å²) >= 11 is 0. The molecule has 0 spiro atoms. The lowest BCUT2D eigenvalue weighted by Crippen LogP contribution is -2.41. The fourth-order valence-electron chi connectivity index (χ4n) is 4.21. The minimum Gasteiger partial charge on any atom is -0.493 e. The largest absolute Gasteiger partial charge is 0.493 e. The second-order valence-corrected chi connectivity index (χ2v) is 7.85. The molecule has 1 atom stereocenters. The van der Waals surface area contributed by atoms with E-state index < -0.39 is 0 Å². The summed E-state index contributed by atoms with van der Waals surface area (Å²) in [7, 11) is 0. The first kappa shape index (κ1) is 20.4.